The highest BCUT2D eigenvalue weighted by molar-refractivity contribution is 6.02. The van der Waals surface area contributed by atoms with Crippen LogP contribution in [0.15, 0.2) is 24.3 Å². The second kappa shape index (κ2) is 13.3. The monoisotopic (exact) mass is 434 g/mol. The van der Waals surface area contributed by atoms with Crippen LogP contribution >= 0.6 is 0 Å². The molecule has 0 unspecified atom stereocenters. The van der Waals surface area contributed by atoms with E-state index in [1.807, 2.05) is 0 Å². The molecular formula is C21H34N6O4. The zero-order valence-corrected chi connectivity index (χ0v) is 18.8. The van der Waals surface area contributed by atoms with Gasteiger partial charge in [0.1, 0.15) is 0 Å². The highest BCUT2D eigenvalue weighted by Crippen LogP contribution is 2.14. The Morgan fingerprint density at radius 2 is 1.58 bits per heavy atom. The van der Waals surface area contributed by atoms with Crippen molar-refractivity contribution in [2.75, 3.05) is 72.8 Å². The van der Waals surface area contributed by atoms with Crippen LogP contribution in [0.2, 0.25) is 0 Å². The third-order valence-corrected chi connectivity index (χ3v) is 4.66. The van der Waals surface area contributed by atoms with Crippen molar-refractivity contribution in [3.05, 3.63) is 29.8 Å². The molecule has 31 heavy (non-hydrogen) atoms. The standard InChI is InChI=1S/C18H27N5O3.C3H7NO/c1-21(2)17(25)13-23-11-9-22(10-12-23)8-7-16(24)20-15-6-4-3-5-14(15)18(19)26;1-4(2)3-5/h3-6H,7-13H2,1-2H3,(H2,19,26)(H,20,24);3H,1-2H3. The molecule has 0 radical (unpaired) electrons. The summed E-state index contributed by atoms with van der Waals surface area (Å²) in [5.41, 5.74) is 6.06. The number of amides is 4. The number of nitrogens with one attached hydrogen (secondary N) is 1. The summed E-state index contributed by atoms with van der Waals surface area (Å²) in [6.07, 6.45) is 1.09. The van der Waals surface area contributed by atoms with E-state index < -0.39 is 5.91 Å². The number of primary amides is 1. The van der Waals surface area contributed by atoms with Crippen LogP contribution in [-0.2, 0) is 14.4 Å². The maximum atomic E-state index is 12.2. The molecule has 4 amide bonds. The van der Waals surface area contributed by atoms with Gasteiger partial charge in [-0.1, -0.05) is 12.1 Å². The van der Waals surface area contributed by atoms with Crippen molar-refractivity contribution in [1.82, 2.24) is 19.6 Å². The van der Waals surface area contributed by atoms with Gasteiger partial charge in [-0.15, -0.1) is 0 Å². The maximum absolute atomic E-state index is 12.2. The van der Waals surface area contributed by atoms with E-state index in [0.717, 1.165) is 32.6 Å². The fraction of sp³-hybridized carbons (Fsp3) is 0.524. The molecule has 1 aromatic rings. The van der Waals surface area contributed by atoms with E-state index >= 15 is 0 Å². The predicted octanol–water partition coefficient (Wildman–Crippen LogP) is -0.476. The van der Waals surface area contributed by atoms with E-state index in [9.17, 15) is 19.2 Å². The molecule has 10 heteroatoms. The number of piperazine rings is 1. The van der Waals surface area contributed by atoms with E-state index in [4.69, 9.17) is 5.73 Å². The minimum absolute atomic E-state index is 0.103. The molecule has 0 spiro atoms. The Morgan fingerprint density at radius 1 is 1.03 bits per heavy atom. The van der Waals surface area contributed by atoms with Crippen molar-refractivity contribution in [2.45, 2.75) is 6.42 Å². The second-order valence-corrected chi connectivity index (χ2v) is 7.68. The Hall–Kier alpha value is -2.98. The summed E-state index contributed by atoms with van der Waals surface area (Å²) in [4.78, 5) is 52.1. The molecule has 0 aromatic heterocycles. The van der Waals surface area contributed by atoms with Gasteiger partial charge in [-0.05, 0) is 12.1 Å². The highest BCUT2D eigenvalue weighted by Gasteiger charge is 2.20. The van der Waals surface area contributed by atoms with E-state index in [0.29, 0.717) is 30.8 Å². The van der Waals surface area contributed by atoms with Gasteiger partial charge in [0.25, 0.3) is 5.91 Å². The lowest BCUT2D eigenvalue weighted by molar-refractivity contribution is -0.130. The Morgan fingerprint density at radius 3 is 2.10 bits per heavy atom. The number of carbonyl (C=O) groups is 4. The lowest BCUT2D eigenvalue weighted by Gasteiger charge is -2.34. The minimum Gasteiger partial charge on any atom is -0.366 e. The Bertz CT molecular complexity index is 745. The number of carbonyl (C=O) groups excluding carboxylic acids is 4. The second-order valence-electron chi connectivity index (χ2n) is 7.68. The molecule has 0 saturated carbocycles. The number of rotatable bonds is 8. The lowest BCUT2D eigenvalue weighted by atomic mass is 10.1. The number of para-hydroxylation sites is 1. The largest absolute Gasteiger partial charge is 0.366 e. The van der Waals surface area contributed by atoms with Gasteiger partial charge in [0.15, 0.2) is 0 Å². The molecule has 10 nitrogen and oxygen atoms in total. The first-order chi connectivity index (χ1) is 14.6. The third-order valence-electron chi connectivity index (χ3n) is 4.66. The van der Waals surface area contributed by atoms with Crippen LogP contribution in [0.1, 0.15) is 16.8 Å². The van der Waals surface area contributed by atoms with Gasteiger partial charge in [-0.2, -0.15) is 0 Å². The average Bonchev–Trinajstić information content (AvgIpc) is 2.73. The molecule has 1 aliphatic rings. The number of nitrogens with two attached hydrogens (primary N) is 1. The Labute approximate surface area is 183 Å². The SMILES string of the molecule is CN(C)C(=O)CN1CCN(CCC(=O)Nc2ccccc2C(N)=O)CC1.CN(C)C=O. The summed E-state index contributed by atoms with van der Waals surface area (Å²) in [6.45, 7) is 4.35. The molecule has 0 aliphatic carbocycles. The van der Waals surface area contributed by atoms with Crippen LogP contribution in [-0.4, -0.2) is 111 Å². The van der Waals surface area contributed by atoms with Crippen molar-refractivity contribution in [3.8, 4) is 0 Å². The van der Waals surface area contributed by atoms with E-state index in [1.165, 1.54) is 4.90 Å². The number of hydrogen-bond donors (Lipinski definition) is 2. The zero-order valence-electron chi connectivity index (χ0n) is 18.8. The summed E-state index contributed by atoms with van der Waals surface area (Å²) in [7, 11) is 6.89. The highest BCUT2D eigenvalue weighted by atomic mass is 16.2. The lowest BCUT2D eigenvalue weighted by Crippen LogP contribution is -2.49. The summed E-state index contributed by atoms with van der Waals surface area (Å²) in [6, 6.07) is 6.71. The maximum Gasteiger partial charge on any atom is 0.250 e. The number of hydrogen-bond acceptors (Lipinski definition) is 6. The molecule has 1 fully saturated rings. The van der Waals surface area contributed by atoms with Crippen LogP contribution in [0.3, 0.4) is 0 Å². The molecule has 1 aliphatic heterocycles. The van der Waals surface area contributed by atoms with Crippen LogP contribution < -0.4 is 11.1 Å². The fourth-order valence-corrected chi connectivity index (χ4v) is 2.78. The number of benzene rings is 1. The normalized spacial score (nSPS) is 14.1. The van der Waals surface area contributed by atoms with E-state index in [1.54, 1.807) is 57.4 Å². The van der Waals surface area contributed by atoms with Gasteiger partial charge >= 0.3 is 0 Å². The zero-order chi connectivity index (χ0) is 23.4. The molecule has 2 rings (SSSR count). The van der Waals surface area contributed by atoms with E-state index in [-0.39, 0.29) is 11.8 Å². The minimum atomic E-state index is -0.565. The smallest absolute Gasteiger partial charge is 0.250 e. The molecule has 1 aromatic carbocycles. The van der Waals surface area contributed by atoms with Gasteiger partial charge in [-0.3, -0.25) is 24.1 Å². The third kappa shape index (κ3) is 10.1. The topological polar surface area (TPSA) is 119 Å². The Balaban J connectivity index is 0.000000861. The first-order valence-corrected chi connectivity index (χ1v) is 10.1. The quantitative estimate of drug-likeness (QED) is 0.534. The molecule has 0 bridgehead atoms. The molecule has 0 atom stereocenters. The number of anilines is 1. The van der Waals surface area contributed by atoms with Crippen LogP contribution in [0.25, 0.3) is 0 Å². The molecular weight excluding hydrogens is 400 g/mol. The van der Waals surface area contributed by atoms with Gasteiger partial charge in [-0.25, -0.2) is 0 Å². The van der Waals surface area contributed by atoms with Gasteiger partial charge in [0, 0.05) is 67.3 Å². The van der Waals surface area contributed by atoms with Gasteiger partial charge in [0.2, 0.25) is 18.2 Å². The average molecular weight is 435 g/mol. The van der Waals surface area contributed by atoms with Crippen molar-refractivity contribution in [3.63, 3.8) is 0 Å². The Kier molecular flexibility index (Phi) is 11.2. The van der Waals surface area contributed by atoms with Crippen molar-refractivity contribution in [2.24, 2.45) is 5.73 Å². The molecule has 172 valence electrons. The van der Waals surface area contributed by atoms with Gasteiger partial charge < -0.3 is 25.8 Å². The van der Waals surface area contributed by atoms with Crippen molar-refractivity contribution < 1.29 is 19.2 Å². The summed E-state index contributed by atoms with van der Waals surface area (Å²) in [5.74, 6) is -0.612. The predicted molar refractivity (Wildman–Crippen MR) is 120 cm³/mol. The first kappa shape index (κ1) is 26.1. The number of likely N-dealkylation sites (N-methyl/N-ethyl adjacent to an activating group) is 1. The first-order valence-electron chi connectivity index (χ1n) is 10.1. The summed E-state index contributed by atoms with van der Waals surface area (Å²) in [5, 5.41) is 2.75. The molecule has 1 saturated heterocycles. The van der Waals surface area contributed by atoms with Crippen molar-refractivity contribution in [1.29, 1.82) is 0 Å². The van der Waals surface area contributed by atoms with Gasteiger partial charge in [0.05, 0.1) is 17.8 Å². The van der Waals surface area contributed by atoms with Crippen LogP contribution in [0.4, 0.5) is 5.69 Å². The van der Waals surface area contributed by atoms with Crippen LogP contribution in [0, 0.1) is 0 Å². The summed E-state index contributed by atoms with van der Waals surface area (Å²) < 4.78 is 0. The number of nitrogens with zero attached hydrogens (tertiary/aromatic N) is 4. The molecule has 3 N–H and O–H groups in total. The van der Waals surface area contributed by atoms with Crippen molar-refractivity contribution >= 4 is 29.8 Å². The summed E-state index contributed by atoms with van der Waals surface area (Å²) >= 11 is 0. The molecule has 1 heterocycles. The van der Waals surface area contributed by atoms with E-state index in [2.05, 4.69) is 15.1 Å². The van der Waals surface area contributed by atoms with Crippen LogP contribution in [0.5, 0.6) is 0 Å². The fourth-order valence-electron chi connectivity index (χ4n) is 2.78.